The van der Waals surface area contributed by atoms with Crippen molar-refractivity contribution in [2.75, 3.05) is 38.9 Å². The lowest BCUT2D eigenvalue weighted by molar-refractivity contribution is -0.105. The van der Waals surface area contributed by atoms with E-state index in [1.54, 1.807) is 10.7 Å². The normalized spacial score (nSPS) is 14.5. The Bertz CT molecular complexity index is 1140. The molecular formula is C20H22F2N8OS. The number of alkyl halides is 2. The smallest absolute Gasteiger partial charge is 0.276 e. The number of halogens is 2. The number of amides is 1. The Morgan fingerprint density at radius 3 is 2.72 bits per heavy atom. The third-order valence-corrected chi connectivity index (χ3v) is 5.67. The molecule has 0 saturated carbocycles. The molecule has 4 rings (SSSR count). The van der Waals surface area contributed by atoms with Gasteiger partial charge in [-0.25, -0.2) is 18.4 Å². The lowest BCUT2D eigenvalue weighted by atomic mass is 10.2. The van der Waals surface area contributed by atoms with E-state index < -0.39 is 12.6 Å². The molecule has 0 bridgehead atoms. The van der Waals surface area contributed by atoms with Crippen molar-refractivity contribution in [3.05, 3.63) is 42.2 Å². The van der Waals surface area contributed by atoms with E-state index in [2.05, 4.69) is 31.3 Å². The standard InChI is InChI=1S/C20H22F2N8OS/c1-11-6-7-30(28-11)12-4-5-13(15(8-12)29(2)32-3)24-14-9-16(23-10-31)25-19-17(14)26-20(27-19)18(21)22/h4-10,18,20,26H,1-3H3,(H3,23,24,25,27,31). The molecule has 1 aliphatic heterocycles. The number of hydrogen-bond donors (Lipinski definition) is 4. The van der Waals surface area contributed by atoms with Crippen LogP contribution in [0.4, 0.5) is 43.2 Å². The number of hydrogen-bond acceptors (Lipinski definition) is 8. The van der Waals surface area contributed by atoms with E-state index in [1.165, 1.54) is 11.9 Å². The van der Waals surface area contributed by atoms with Crippen molar-refractivity contribution in [1.29, 1.82) is 0 Å². The molecule has 4 N–H and O–H groups in total. The Morgan fingerprint density at radius 2 is 2.06 bits per heavy atom. The van der Waals surface area contributed by atoms with Crippen molar-refractivity contribution < 1.29 is 13.6 Å². The maximum absolute atomic E-state index is 13.3. The van der Waals surface area contributed by atoms with Gasteiger partial charge in [0.15, 0.2) is 12.0 Å². The topological polar surface area (TPSA) is 99.1 Å². The minimum atomic E-state index is -2.64. The van der Waals surface area contributed by atoms with E-state index in [-0.39, 0.29) is 11.6 Å². The van der Waals surface area contributed by atoms with E-state index in [9.17, 15) is 13.6 Å². The molecule has 32 heavy (non-hydrogen) atoms. The molecule has 168 valence electrons. The van der Waals surface area contributed by atoms with Crippen LogP contribution in [-0.2, 0) is 4.79 Å². The van der Waals surface area contributed by atoms with Gasteiger partial charge in [0.05, 0.1) is 28.4 Å². The number of pyridine rings is 1. The fourth-order valence-corrected chi connectivity index (χ4v) is 3.67. The number of anilines is 6. The summed E-state index contributed by atoms with van der Waals surface area (Å²) in [6, 6.07) is 9.28. The number of carbonyl (C=O) groups is 1. The highest BCUT2D eigenvalue weighted by Crippen LogP contribution is 2.41. The first-order valence-electron chi connectivity index (χ1n) is 9.67. The van der Waals surface area contributed by atoms with E-state index in [0.29, 0.717) is 17.8 Å². The van der Waals surface area contributed by atoms with Crippen LogP contribution in [0.2, 0.25) is 0 Å². The van der Waals surface area contributed by atoms with Crippen LogP contribution in [0, 0.1) is 6.92 Å². The van der Waals surface area contributed by atoms with Gasteiger partial charge in [-0.2, -0.15) is 5.10 Å². The highest BCUT2D eigenvalue weighted by molar-refractivity contribution is 7.99. The van der Waals surface area contributed by atoms with Crippen LogP contribution >= 0.6 is 11.9 Å². The number of nitrogens with zero attached hydrogens (tertiary/aromatic N) is 4. The largest absolute Gasteiger partial charge is 0.356 e. The van der Waals surface area contributed by atoms with Gasteiger partial charge in [0, 0.05) is 25.6 Å². The molecule has 2 aromatic heterocycles. The summed E-state index contributed by atoms with van der Waals surface area (Å²) in [7, 11) is 1.92. The number of benzene rings is 1. The fraction of sp³-hybridized carbons (Fsp3) is 0.250. The molecule has 1 aliphatic rings. The van der Waals surface area contributed by atoms with Gasteiger partial charge >= 0.3 is 0 Å². The van der Waals surface area contributed by atoms with Gasteiger partial charge in [0.2, 0.25) is 6.41 Å². The summed E-state index contributed by atoms with van der Waals surface area (Å²) in [5.41, 5.74) is 4.27. The average molecular weight is 461 g/mol. The van der Waals surface area contributed by atoms with E-state index >= 15 is 0 Å². The van der Waals surface area contributed by atoms with Crippen LogP contribution in [-0.4, -0.2) is 47.1 Å². The van der Waals surface area contributed by atoms with Crippen LogP contribution < -0.4 is 25.6 Å². The van der Waals surface area contributed by atoms with Gasteiger partial charge in [-0.05, 0) is 31.2 Å². The molecule has 3 aromatic rings. The second-order valence-corrected chi connectivity index (χ2v) is 7.96. The first-order valence-corrected chi connectivity index (χ1v) is 10.9. The van der Waals surface area contributed by atoms with Gasteiger partial charge in [-0.3, -0.25) is 4.79 Å². The summed E-state index contributed by atoms with van der Waals surface area (Å²) in [5.74, 6) is 0.460. The van der Waals surface area contributed by atoms with Gasteiger partial charge < -0.3 is 25.6 Å². The maximum Gasteiger partial charge on any atom is 0.276 e. The second kappa shape index (κ2) is 8.91. The SMILES string of the molecule is CSN(C)c1cc(-n2ccc(C)n2)ccc1Nc1cc(NC=O)nc2c1NC(C(F)F)N2. The quantitative estimate of drug-likeness (QED) is 0.295. The molecule has 1 unspecified atom stereocenters. The maximum atomic E-state index is 13.3. The lowest BCUT2D eigenvalue weighted by Gasteiger charge is -2.22. The summed E-state index contributed by atoms with van der Waals surface area (Å²) in [5, 5.41) is 15.6. The van der Waals surface area contributed by atoms with Crippen LogP contribution in [0.15, 0.2) is 36.5 Å². The minimum Gasteiger partial charge on any atom is -0.356 e. The summed E-state index contributed by atoms with van der Waals surface area (Å²) >= 11 is 1.52. The predicted molar refractivity (Wildman–Crippen MR) is 124 cm³/mol. The number of aryl methyl sites for hydroxylation is 1. The third-order valence-electron chi connectivity index (χ3n) is 4.92. The number of nitrogens with one attached hydrogen (secondary N) is 4. The molecule has 0 radical (unpaired) electrons. The zero-order valence-corrected chi connectivity index (χ0v) is 18.4. The molecule has 0 aliphatic carbocycles. The van der Waals surface area contributed by atoms with Crippen molar-refractivity contribution in [1.82, 2.24) is 14.8 Å². The number of aromatic nitrogens is 3. The van der Waals surface area contributed by atoms with Crippen LogP contribution in [0.1, 0.15) is 5.69 Å². The molecule has 1 atom stereocenters. The summed E-state index contributed by atoms with van der Waals surface area (Å²) in [4.78, 5) is 15.1. The van der Waals surface area contributed by atoms with E-state index in [1.807, 2.05) is 55.0 Å². The van der Waals surface area contributed by atoms with Gasteiger partial charge in [0.25, 0.3) is 6.43 Å². The first-order chi connectivity index (χ1) is 15.4. The Kier molecular flexibility index (Phi) is 6.04. The minimum absolute atomic E-state index is 0.230. The van der Waals surface area contributed by atoms with Gasteiger partial charge in [0.1, 0.15) is 11.5 Å². The van der Waals surface area contributed by atoms with Crippen molar-refractivity contribution in [3.8, 4) is 5.69 Å². The number of rotatable bonds is 8. The molecule has 0 fully saturated rings. The first kappa shape index (κ1) is 21.7. The van der Waals surface area contributed by atoms with E-state index in [4.69, 9.17) is 0 Å². The number of fused-ring (bicyclic) bond motifs is 1. The van der Waals surface area contributed by atoms with E-state index in [0.717, 1.165) is 22.8 Å². The molecular weight excluding hydrogens is 438 g/mol. The number of carbonyl (C=O) groups excluding carboxylic acids is 1. The van der Waals surface area contributed by atoms with Crippen molar-refractivity contribution in [3.63, 3.8) is 0 Å². The Balaban J connectivity index is 1.74. The average Bonchev–Trinajstić information content (AvgIpc) is 3.40. The summed E-state index contributed by atoms with van der Waals surface area (Å²) in [6.45, 7) is 1.92. The monoisotopic (exact) mass is 460 g/mol. The zero-order valence-electron chi connectivity index (χ0n) is 17.6. The van der Waals surface area contributed by atoms with Gasteiger partial charge in [-0.15, -0.1) is 0 Å². The molecule has 0 saturated heterocycles. The van der Waals surface area contributed by atoms with Crippen molar-refractivity contribution in [2.45, 2.75) is 19.5 Å². The molecule has 12 heteroatoms. The van der Waals surface area contributed by atoms with Crippen LogP contribution in [0.25, 0.3) is 5.69 Å². The second-order valence-electron chi connectivity index (χ2n) is 7.05. The molecule has 1 amide bonds. The zero-order chi connectivity index (χ0) is 22.8. The van der Waals surface area contributed by atoms with Crippen molar-refractivity contribution >= 4 is 52.7 Å². The predicted octanol–water partition coefficient (Wildman–Crippen LogP) is 4.03. The fourth-order valence-electron chi connectivity index (χ4n) is 3.32. The lowest BCUT2D eigenvalue weighted by Crippen LogP contribution is -2.30. The summed E-state index contributed by atoms with van der Waals surface area (Å²) in [6.07, 6.45) is 0.397. The molecule has 0 spiro atoms. The Labute approximate surface area is 187 Å². The Hall–Kier alpha value is -3.54. The highest BCUT2D eigenvalue weighted by Gasteiger charge is 2.31. The molecule has 1 aromatic carbocycles. The Morgan fingerprint density at radius 1 is 1.25 bits per heavy atom. The summed E-state index contributed by atoms with van der Waals surface area (Å²) < 4.78 is 30.3. The van der Waals surface area contributed by atoms with Crippen molar-refractivity contribution in [2.24, 2.45) is 0 Å². The third kappa shape index (κ3) is 4.26. The highest BCUT2D eigenvalue weighted by atomic mass is 32.2. The molecule has 9 nitrogen and oxygen atoms in total. The molecule has 3 heterocycles. The van der Waals surface area contributed by atoms with Crippen LogP contribution in [0.3, 0.4) is 0 Å². The van der Waals surface area contributed by atoms with Gasteiger partial charge in [-0.1, -0.05) is 11.9 Å². The van der Waals surface area contributed by atoms with Crippen LogP contribution in [0.5, 0.6) is 0 Å².